The Labute approximate surface area is 126 Å². The zero-order valence-corrected chi connectivity index (χ0v) is 11.8. The standard InChI is InChI=1S/C16H13ClF2O2/c17-13-5-6-15(19)11(9-13)8-12(16(20)21)7-10-3-1-2-4-14(10)18/h1-6,9,12H,7-8H2,(H,20,21). The van der Waals surface area contributed by atoms with Crippen molar-refractivity contribution in [3.05, 3.63) is 70.2 Å². The van der Waals surface area contributed by atoms with Gasteiger partial charge in [0.1, 0.15) is 11.6 Å². The molecule has 0 spiro atoms. The van der Waals surface area contributed by atoms with Crippen molar-refractivity contribution in [2.75, 3.05) is 0 Å². The number of hydrogen-bond donors (Lipinski definition) is 1. The van der Waals surface area contributed by atoms with E-state index in [1.807, 2.05) is 0 Å². The molecule has 0 radical (unpaired) electrons. The Morgan fingerprint density at radius 1 is 1.05 bits per heavy atom. The van der Waals surface area contributed by atoms with E-state index in [4.69, 9.17) is 11.6 Å². The summed E-state index contributed by atoms with van der Waals surface area (Å²) in [5, 5.41) is 9.60. The Morgan fingerprint density at radius 3 is 2.33 bits per heavy atom. The quantitative estimate of drug-likeness (QED) is 0.902. The van der Waals surface area contributed by atoms with Crippen LogP contribution in [0.4, 0.5) is 8.78 Å². The van der Waals surface area contributed by atoms with E-state index in [0.717, 1.165) is 0 Å². The molecule has 5 heteroatoms. The molecule has 0 amide bonds. The Bertz CT molecular complexity index is 658. The fraction of sp³-hybridized carbons (Fsp3) is 0.188. The highest BCUT2D eigenvalue weighted by Crippen LogP contribution is 2.21. The van der Waals surface area contributed by atoms with Crippen LogP contribution < -0.4 is 0 Å². The van der Waals surface area contributed by atoms with Crippen molar-refractivity contribution in [1.29, 1.82) is 0 Å². The van der Waals surface area contributed by atoms with Crippen molar-refractivity contribution in [3.63, 3.8) is 0 Å². The van der Waals surface area contributed by atoms with Gasteiger partial charge in [0.05, 0.1) is 5.92 Å². The zero-order valence-electron chi connectivity index (χ0n) is 11.0. The maximum atomic E-state index is 13.7. The van der Waals surface area contributed by atoms with Gasteiger partial charge in [0, 0.05) is 5.02 Å². The molecule has 0 fully saturated rings. The predicted molar refractivity (Wildman–Crippen MR) is 76.3 cm³/mol. The number of hydrogen-bond acceptors (Lipinski definition) is 1. The van der Waals surface area contributed by atoms with Crippen LogP contribution >= 0.6 is 11.6 Å². The van der Waals surface area contributed by atoms with Crippen molar-refractivity contribution in [1.82, 2.24) is 0 Å². The number of rotatable bonds is 5. The van der Waals surface area contributed by atoms with E-state index in [0.29, 0.717) is 10.6 Å². The van der Waals surface area contributed by atoms with Gasteiger partial charge in [-0.05, 0) is 48.2 Å². The maximum Gasteiger partial charge on any atom is 0.307 e. The molecular formula is C16H13ClF2O2. The Balaban J connectivity index is 2.22. The second-order valence-electron chi connectivity index (χ2n) is 4.77. The van der Waals surface area contributed by atoms with Crippen LogP contribution in [0.15, 0.2) is 42.5 Å². The van der Waals surface area contributed by atoms with E-state index in [-0.39, 0.29) is 18.4 Å². The third kappa shape index (κ3) is 4.02. The zero-order chi connectivity index (χ0) is 15.4. The van der Waals surface area contributed by atoms with Gasteiger partial charge in [0.15, 0.2) is 0 Å². The molecule has 0 aromatic heterocycles. The van der Waals surface area contributed by atoms with E-state index >= 15 is 0 Å². The number of benzene rings is 2. The third-order valence-corrected chi connectivity index (χ3v) is 3.48. The molecule has 0 heterocycles. The molecule has 0 aliphatic carbocycles. The summed E-state index contributed by atoms with van der Waals surface area (Å²) in [6, 6.07) is 9.96. The largest absolute Gasteiger partial charge is 0.481 e. The lowest BCUT2D eigenvalue weighted by Gasteiger charge is -2.14. The van der Waals surface area contributed by atoms with Crippen molar-refractivity contribution < 1.29 is 18.7 Å². The fourth-order valence-corrected chi connectivity index (χ4v) is 2.34. The monoisotopic (exact) mass is 310 g/mol. The molecule has 2 nitrogen and oxygen atoms in total. The molecule has 1 unspecified atom stereocenters. The smallest absolute Gasteiger partial charge is 0.307 e. The first-order chi connectivity index (χ1) is 9.97. The van der Waals surface area contributed by atoms with Gasteiger partial charge in [-0.15, -0.1) is 0 Å². The average Bonchev–Trinajstić information content (AvgIpc) is 2.44. The lowest BCUT2D eigenvalue weighted by molar-refractivity contribution is -0.141. The third-order valence-electron chi connectivity index (χ3n) is 3.25. The Morgan fingerprint density at radius 2 is 1.67 bits per heavy atom. The number of carbonyl (C=O) groups is 1. The van der Waals surface area contributed by atoms with Crippen LogP contribution in [-0.2, 0) is 17.6 Å². The molecule has 1 N–H and O–H groups in total. The minimum Gasteiger partial charge on any atom is -0.481 e. The molecule has 0 bridgehead atoms. The molecule has 2 aromatic carbocycles. The number of carboxylic acid groups (broad SMARTS) is 1. The normalized spacial score (nSPS) is 12.1. The number of aliphatic carboxylic acids is 1. The van der Waals surface area contributed by atoms with Gasteiger partial charge in [0.2, 0.25) is 0 Å². The van der Waals surface area contributed by atoms with Crippen molar-refractivity contribution >= 4 is 17.6 Å². The highest BCUT2D eigenvalue weighted by atomic mass is 35.5. The minimum atomic E-state index is -1.10. The SMILES string of the molecule is O=C(O)C(Cc1ccccc1F)Cc1cc(Cl)ccc1F. The van der Waals surface area contributed by atoms with E-state index in [9.17, 15) is 18.7 Å². The number of halogens is 3. The van der Waals surface area contributed by atoms with Gasteiger partial charge in [-0.1, -0.05) is 29.8 Å². The average molecular weight is 311 g/mol. The maximum absolute atomic E-state index is 13.7. The topological polar surface area (TPSA) is 37.3 Å². The lowest BCUT2D eigenvalue weighted by Crippen LogP contribution is -2.20. The van der Waals surface area contributed by atoms with Crippen LogP contribution in [0.3, 0.4) is 0 Å². The summed E-state index contributed by atoms with van der Waals surface area (Å²) in [6.07, 6.45) is -0.0516. The van der Waals surface area contributed by atoms with Gasteiger partial charge in [-0.25, -0.2) is 8.78 Å². The van der Waals surface area contributed by atoms with Gasteiger partial charge in [-0.2, -0.15) is 0 Å². The van der Waals surface area contributed by atoms with Gasteiger partial charge in [-0.3, -0.25) is 4.79 Å². The van der Waals surface area contributed by atoms with E-state index in [1.165, 1.54) is 36.4 Å². The lowest BCUT2D eigenvalue weighted by atomic mass is 9.92. The summed E-state index contributed by atoms with van der Waals surface area (Å²) in [4.78, 5) is 11.3. The van der Waals surface area contributed by atoms with E-state index in [1.54, 1.807) is 6.07 Å². The summed E-state index contributed by atoms with van der Waals surface area (Å²) in [5.41, 5.74) is 0.513. The minimum absolute atomic E-state index is 0.00599. The molecule has 21 heavy (non-hydrogen) atoms. The molecule has 0 aliphatic heterocycles. The summed E-state index contributed by atoms with van der Waals surface area (Å²) in [5.74, 6) is -3.00. The van der Waals surface area contributed by atoms with Crippen LogP contribution in [0.25, 0.3) is 0 Å². The Hall–Kier alpha value is -1.94. The first-order valence-electron chi connectivity index (χ1n) is 6.37. The summed E-state index contributed by atoms with van der Waals surface area (Å²) < 4.78 is 27.3. The second-order valence-corrected chi connectivity index (χ2v) is 5.21. The molecule has 2 rings (SSSR count). The van der Waals surface area contributed by atoms with Crippen molar-refractivity contribution in [2.45, 2.75) is 12.8 Å². The van der Waals surface area contributed by atoms with Crippen molar-refractivity contribution in [3.8, 4) is 0 Å². The van der Waals surface area contributed by atoms with E-state index < -0.39 is 23.5 Å². The molecule has 0 aliphatic rings. The molecule has 0 saturated carbocycles. The van der Waals surface area contributed by atoms with Crippen molar-refractivity contribution in [2.24, 2.45) is 5.92 Å². The molecule has 2 aromatic rings. The Kier molecular flexibility index (Phi) is 4.91. The van der Waals surface area contributed by atoms with Crippen LogP contribution in [0.2, 0.25) is 5.02 Å². The summed E-state index contributed by atoms with van der Waals surface area (Å²) in [7, 11) is 0. The second kappa shape index (κ2) is 6.68. The van der Waals surface area contributed by atoms with Crippen LogP contribution in [0, 0.1) is 17.6 Å². The number of carboxylic acids is 1. The highest BCUT2D eigenvalue weighted by molar-refractivity contribution is 6.30. The molecule has 0 saturated heterocycles. The molecular weight excluding hydrogens is 298 g/mol. The van der Waals surface area contributed by atoms with Gasteiger partial charge < -0.3 is 5.11 Å². The van der Waals surface area contributed by atoms with Crippen LogP contribution in [0.1, 0.15) is 11.1 Å². The first kappa shape index (κ1) is 15.4. The van der Waals surface area contributed by atoms with Crippen LogP contribution in [0.5, 0.6) is 0 Å². The summed E-state index contributed by atoms with van der Waals surface area (Å²) in [6.45, 7) is 0. The molecule has 110 valence electrons. The van der Waals surface area contributed by atoms with Gasteiger partial charge >= 0.3 is 5.97 Å². The van der Waals surface area contributed by atoms with Gasteiger partial charge in [0.25, 0.3) is 0 Å². The van der Waals surface area contributed by atoms with E-state index in [2.05, 4.69) is 0 Å². The first-order valence-corrected chi connectivity index (χ1v) is 6.75. The molecule has 1 atom stereocenters. The summed E-state index contributed by atoms with van der Waals surface area (Å²) >= 11 is 5.79. The van der Waals surface area contributed by atoms with Crippen LogP contribution in [-0.4, -0.2) is 11.1 Å². The fourth-order valence-electron chi connectivity index (χ4n) is 2.14. The highest BCUT2D eigenvalue weighted by Gasteiger charge is 2.21. The predicted octanol–water partition coefficient (Wildman–Crippen LogP) is 4.10.